The van der Waals surface area contributed by atoms with Gasteiger partial charge in [0.2, 0.25) is 0 Å². The normalized spacial score (nSPS) is 12.9. The largest absolute Gasteiger partial charge is 0.460 e. The molecule has 0 heterocycles. The van der Waals surface area contributed by atoms with E-state index in [9.17, 15) is 4.79 Å². The zero-order valence-corrected chi connectivity index (χ0v) is 10.8. The predicted octanol–water partition coefficient (Wildman–Crippen LogP) is 3.69. The summed E-state index contributed by atoms with van der Waals surface area (Å²) in [5.74, 6) is -0.169. The number of carbonyl (C=O) groups excluding carboxylic acids is 1. The van der Waals surface area contributed by atoms with E-state index in [1.807, 2.05) is 51.1 Å². The van der Waals surface area contributed by atoms with E-state index < -0.39 is 5.60 Å². The number of ether oxygens (including phenoxy) is 1. The Balaban J connectivity index is 2.66. The van der Waals surface area contributed by atoms with Crippen molar-refractivity contribution in [2.45, 2.75) is 38.7 Å². The first-order chi connectivity index (χ1) is 7.92. The fourth-order valence-corrected chi connectivity index (χ4v) is 1.60. The molecule has 17 heavy (non-hydrogen) atoms. The van der Waals surface area contributed by atoms with Gasteiger partial charge in [-0.25, -0.2) is 0 Å². The molecule has 0 amide bonds. The second-order valence-corrected chi connectivity index (χ2v) is 5.04. The van der Waals surface area contributed by atoms with E-state index in [0.29, 0.717) is 6.42 Å². The summed E-state index contributed by atoms with van der Waals surface area (Å²) in [7, 11) is 0. The SMILES string of the molecule is C=C[C@@H](CC(=O)OC(C)(C)C)c1ccccc1. The van der Waals surface area contributed by atoms with E-state index in [1.54, 1.807) is 6.08 Å². The molecule has 1 aromatic rings. The van der Waals surface area contributed by atoms with Crippen molar-refractivity contribution in [3.63, 3.8) is 0 Å². The van der Waals surface area contributed by atoms with Gasteiger partial charge in [0.05, 0.1) is 6.42 Å². The molecule has 0 saturated carbocycles. The van der Waals surface area contributed by atoms with Crippen molar-refractivity contribution in [2.75, 3.05) is 0 Å². The van der Waals surface area contributed by atoms with Crippen molar-refractivity contribution in [3.05, 3.63) is 48.6 Å². The van der Waals surface area contributed by atoms with Gasteiger partial charge in [0, 0.05) is 5.92 Å². The number of benzene rings is 1. The maximum atomic E-state index is 11.7. The van der Waals surface area contributed by atoms with Crippen molar-refractivity contribution in [2.24, 2.45) is 0 Å². The molecule has 2 nitrogen and oxygen atoms in total. The zero-order chi connectivity index (χ0) is 12.9. The van der Waals surface area contributed by atoms with E-state index in [-0.39, 0.29) is 11.9 Å². The van der Waals surface area contributed by atoms with Crippen LogP contribution in [0.3, 0.4) is 0 Å². The van der Waals surface area contributed by atoms with Crippen molar-refractivity contribution in [1.29, 1.82) is 0 Å². The first kappa shape index (κ1) is 13.5. The first-order valence-electron chi connectivity index (χ1n) is 5.82. The quantitative estimate of drug-likeness (QED) is 0.584. The number of esters is 1. The van der Waals surface area contributed by atoms with Crippen molar-refractivity contribution < 1.29 is 9.53 Å². The molecule has 1 rings (SSSR count). The van der Waals surface area contributed by atoms with Crippen LogP contribution in [0.4, 0.5) is 0 Å². The van der Waals surface area contributed by atoms with Crippen LogP contribution in [-0.4, -0.2) is 11.6 Å². The second-order valence-electron chi connectivity index (χ2n) is 5.04. The third-order valence-corrected chi connectivity index (χ3v) is 2.32. The average molecular weight is 232 g/mol. The van der Waals surface area contributed by atoms with Crippen LogP contribution in [0.25, 0.3) is 0 Å². The minimum Gasteiger partial charge on any atom is -0.460 e. The Morgan fingerprint density at radius 3 is 2.41 bits per heavy atom. The summed E-state index contributed by atoms with van der Waals surface area (Å²) in [4.78, 5) is 11.7. The zero-order valence-electron chi connectivity index (χ0n) is 10.8. The van der Waals surface area contributed by atoms with Gasteiger partial charge >= 0.3 is 5.97 Å². The fraction of sp³-hybridized carbons (Fsp3) is 0.400. The number of rotatable bonds is 4. The molecule has 0 aliphatic heterocycles. The van der Waals surface area contributed by atoms with E-state index in [4.69, 9.17) is 4.74 Å². The van der Waals surface area contributed by atoms with Crippen LogP contribution >= 0.6 is 0 Å². The molecule has 0 spiro atoms. The summed E-state index contributed by atoms with van der Waals surface area (Å²) in [6, 6.07) is 9.87. The Hall–Kier alpha value is -1.57. The highest BCUT2D eigenvalue weighted by Crippen LogP contribution is 2.22. The summed E-state index contributed by atoms with van der Waals surface area (Å²) in [5.41, 5.74) is 0.660. The molecule has 0 N–H and O–H groups in total. The number of hydrogen-bond donors (Lipinski definition) is 0. The van der Waals surface area contributed by atoms with Crippen LogP contribution in [-0.2, 0) is 9.53 Å². The minimum atomic E-state index is -0.431. The molecule has 0 fully saturated rings. The van der Waals surface area contributed by atoms with Gasteiger partial charge in [-0.1, -0.05) is 36.4 Å². The lowest BCUT2D eigenvalue weighted by Gasteiger charge is -2.21. The Kier molecular flexibility index (Phi) is 4.50. The van der Waals surface area contributed by atoms with Gasteiger partial charge in [-0.3, -0.25) is 4.79 Å². The van der Waals surface area contributed by atoms with Crippen LogP contribution in [0.1, 0.15) is 38.7 Å². The van der Waals surface area contributed by atoms with Gasteiger partial charge in [-0.15, -0.1) is 6.58 Å². The first-order valence-corrected chi connectivity index (χ1v) is 5.82. The van der Waals surface area contributed by atoms with Crippen molar-refractivity contribution >= 4 is 5.97 Å². The van der Waals surface area contributed by atoms with Gasteiger partial charge in [0.25, 0.3) is 0 Å². The van der Waals surface area contributed by atoms with Crippen molar-refractivity contribution in [3.8, 4) is 0 Å². The fourth-order valence-electron chi connectivity index (χ4n) is 1.60. The minimum absolute atomic E-state index is 0.0195. The highest BCUT2D eigenvalue weighted by atomic mass is 16.6. The van der Waals surface area contributed by atoms with Gasteiger partial charge < -0.3 is 4.74 Å². The van der Waals surface area contributed by atoms with E-state index in [0.717, 1.165) is 5.56 Å². The molecular weight excluding hydrogens is 212 g/mol. The topological polar surface area (TPSA) is 26.3 Å². The third kappa shape index (κ3) is 4.85. The Labute approximate surface area is 103 Å². The number of allylic oxidation sites excluding steroid dienone is 1. The van der Waals surface area contributed by atoms with Crippen molar-refractivity contribution in [1.82, 2.24) is 0 Å². The molecule has 1 aromatic carbocycles. The summed E-state index contributed by atoms with van der Waals surface area (Å²) in [6.45, 7) is 9.39. The maximum absolute atomic E-state index is 11.7. The molecule has 2 heteroatoms. The van der Waals surface area contributed by atoms with Crippen LogP contribution < -0.4 is 0 Å². The lowest BCUT2D eigenvalue weighted by molar-refractivity contribution is -0.155. The highest BCUT2D eigenvalue weighted by molar-refractivity contribution is 5.71. The van der Waals surface area contributed by atoms with Crippen LogP contribution in [0, 0.1) is 0 Å². The molecule has 0 aromatic heterocycles. The molecule has 0 aliphatic rings. The smallest absolute Gasteiger partial charge is 0.307 e. The Morgan fingerprint density at radius 1 is 1.35 bits per heavy atom. The molecule has 1 atom stereocenters. The summed E-state index contributed by atoms with van der Waals surface area (Å²) >= 11 is 0. The van der Waals surface area contributed by atoms with Crippen LogP contribution in [0.15, 0.2) is 43.0 Å². The lowest BCUT2D eigenvalue weighted by atomic mass is 9.96. The monoisotopic (exact) mass is 232 g/mol. The Bertz CT molecular complexity index is 374. The lowest BCUT2D eigenvalue weighted by Crippen LogP contribution is -2.24. The molecule has 0 aliphatic carbocycles. The van der Waals surface area contributed by atoms with E-state index in [2.05, 4.69) is 6.58 Å². The number of hydrogen-bond acceptors (Lipinski definition) is 2. The molecule has 0 radical (unpaired) electrons. The average Bonchev–Trinajstić information content (AvgIpc) is 2.24. The summed E-state index contributed by atoms with van der Waals surface area (Å²) < 4.78 is 5.30. The highest BCUT2D eigenvalue weighted by Gasteiger charge is 2.19. The summed E-state index contributed by atoms with van der Waals surface area (Å²) in [6.07, 6.45) is 2.13. The molecule has 0 bridgehead atoms. The summed E-state index contributed by atoms with van der Waals surface area (Å²) in [5, 5.41) is 0. The van der Waals surface area contributed by atoms with Gasteiger partial charge in [-0.05, 0) is 26.3 Å². The number of carbonyl (C=O) groups is 1. The third-order valence-electron chi connectivity index (χ3n) is 2.32. The maximum Gasteiger partial charge on any atom is 0.307 e. The second kappa shape index (κ2) is 5.67. The predicted molar refractivity (Wildman–Crippen MR) is 69.8 cm³/mol. The molecule has 0 unspecified atom stereocenters. The van der Waals surface area contributed by atoms with Gasteiger partial charge in [0.1, 0.15) is 5.60 Å². The van der Waals surface area contributed by atoms with Crippen LogP contribution in [0.5, 0.6) is 0 Å². The molecular formula is C15H20O2. The van der Waals surface area contributed by atoms with E-state index in [1.165, 1.54) is 0 Å². The van der Waals surface area contributed by atoms with Crippen LogP contribution in [0.2, 0.25) is 0 Å². The molecule has 0 saturated heterocycles. The Morgan fingerprint density at radius 2 is 1.94 bits per heavy atom. The van der Waals surface area contributed by atoms with Gasteiger partial charge in [0.15, 0.2) is 0 Å². The standard InChI is InChI=1S/C15H20O2/c1-5-12(13-9-7-6-8-10-13)11-14(16)17-15(2,3)4/h5-10,12H,1,11H2,2-4H3/t12-/m0/s1. The van der Waals surface area contributed by atoms with E-state index >= 15 is 0 Å². The van der Waals surface area contributed by atoms with Gasteiger partial charge in [-0.2, -0.15) is 0 Å². The molecule has 92 valence electrons.